The molecule has 8 amide bonds. The predicted octanol–water partition coefficient (Wildman–Crippen LogP) is -0.831. The number of hydrogen-bond acceptors (Lipinski definition) is 10. The molecule has 348 valence electrons. The summed E-state index contributed by atoms with van der Waals surface area (Å²) in [6.07, 6.45) is 2.48. The molecule has 20 heteroatoms. The number of likely N-dealkylation sites (tertiary alicyclic amines) is 1. The zero-order valence-electron chi connectivity index (χ0n) is 37.7. The van der Waals surface area contributed by atoms with E-state index in [9.17, 15) is 43.5 Å². The molecular formula is C41H75N11O9. The fourth-order valence-electron chi connectivity index (χ4n) is 7.00. The lowest BCUT2D eigenvalue weighted by Crippen LogP contribution is -2.62. The second-order valence-electron chi connectivity index (χ2n) is 16.0. The van der Waals surface area contributed by atoms with Crippen LogP contribution in [0.1, 0.15) is 127 Å². The van der Waals surface area contributed by atoms with Crippen molar-refractivity contribution in [1.29, 1.82) is 0 Å². The van der Waals surface area contributed by atoms with Crippen LogP contribution in [0.4, 0.5) is 0 Å². The van der Waals surface area contributed by atoms with Crippen molar-refractivity contribution < 1.29 is 43.5 Å². The molecule has 1 aliphatic rings. The maximum Gasteiger partial charge on any atom is 0.245 e. The van der Waals surface area contributed by atoms with E-state index < -0.39 is 102 Å². The summed E-state index contributed by atoms with van der Waals surface area (Å²) in [6.45, 7) is 16.0. The number of rotatable bonds is 27. The highest BCUT2D eigenvalue weighted by Crippen LogP contribution is 2.20. The summed E-state index contributed by atoms with van der Waals surface area (Å²) < 4.78 is 0. The topological polar surface area (TPSA) is 309 Å². The lowest BCUT2D eigenvalue weighted by Gasteiger charge is -2.32. The summed E-state index contributed by atoms with van der Waals surface area (Å²) in [5.74, 6) is -5.67. The van der Waals surface area contributed by atoms with Gasteiger partial charge in [-0.05, 0) is 64.2 Å². The van der Waals surface area contributed by atoms with Gasteiger partial charge in [0.2, 0.25) is 47.3 Å². The quantitative estimate of drug-likeness (QED) is 0.0276. The Morgan fingerprint density at radius 2 is 1.15 bits per heavy atom. The predicted molar refractivity (Wildman–Crippen MR) is 231 cm³/mol. The van der Waals surface area contributed by atoms with Gasteiger partial charge in [0, 0.05) is 26.6 Å². The zero-order chi connectivity index (χ0) is 46.4. The van der Waals surface area contributed by atoms with Crippen LogP contribution < -0.4 is 48.7 Å². The normalized spacial score (nSPS) is 18.0. The van der Waals surface area contributed by atoms with Crippen LogP contribution in [0, 0.1) is 11.8 Å². The number of aliphatic imine (C=N–C) groups is 1. The molecule has 20 nitrogen and oxygen atoms in total. The van der Waals surface area contributed by atoms with Gasteiger partial charge in [0.05, 0.1) is 6.10 Å². The number of amides is 8. The van der Waals surface area contributed by atoms with Crippen molar-refractivity contribution in [3.05, 3.63) is 0 Å². The van der Waals surface area contributed by atoms with E-state index in [1.165, 1.54) is 18.7 Å². The number of hydrogen-bond donors (Lipinski definition) is 10. The Morgan fingerprint density at radius 1 is 0.672 bits per heavy atom. The van der Waals surface area contributed by atoms with Gasteiger partial charge in [-0.25, -0.2) is 0 Å². The second-order valence-corrected chi connectivity index (χ2v) is 16.0. The second kappa shape index (κ2) is 27.8. The van der Waals surface area contributed by atoms with Crippen LogP contribution in [-0.4, -0.2) is 131 Å². The van der Waals surface area contributed by atoms with E-state index in [-0.39, 0.29) is 31.3 Å². The van der Waals surface area contributed by atoms with Crippen LogP contribution >= 0.6 is 0 Å². The van der Waals surface area contributed by atoms with E-state index in [1.807, 2.05) is 20.8 Å². The Bertz CT molecular complexity index is 1510. The van der Waals surface area contributed by atoms with Gasteiger partial charge in [-0.2, -0.15) is 0 Å². The molecule has 0 aromatic rings. The van der Waals surface area contributed by atoms with Crippen molar-refractivity contribution in [3.8, 4) is 0 Å². The number of nitrogens with one attached hydrogen (secondary N) is 7. The minimum atomic E-state index is -1.54. The Balaban J connectivity index is 3.33. The summed E-state index contributed by atoms with van der Waals surface area (Å²) in [4.78, 5) is 113. The summed E-state index contributed by atoms with van der Waals surface area (Å²) in [7, 11) is 0. The Morgan fingerprint density at radius 3 is 1.61 bits per heavy atom. The molecule has 1 aliphatic heterocycles. The van der Waals surface area contributed by atoms with Gasteiger partial charge >= 0.3 is 0 Å². The van der Waals surface area contributed by atoms with Crippen LogP contribution in [0.3, 0.4) is 0 Å². The van der Waals surface area contributed by atoms with E-state index in [0.29, 0.717) is 64.5 Å². The van der Waals surface area contributed by atoms with Crippen LogP contribution in [0.25, 0.3) is 0 Å². The van der Waals surface area contributed by atoms with Gasteiger partial charge in [0.15, 0.2) is 5.96 Å². The maximum atomic E-state index is 14.1. The lowest BCUT2D eigenvalue weighted by atomic mass is 9.96. The van der Waals surface area contributed by atoms with Gasteiger partial charge in [0.1, 0.15) is 42.3 Å². The molecule has 0 aromatic carbocycles. The van der Waals surface area contributed by atoms with Gasteiger partial charge in [-0.3, -0.25) is 43.3 Å². The molecule has 1 fully saturated rings. The SMILES string of the molecule is CCC[C@H](NC(C)=O)C(=O)N[C@@H](C(=O)N[C@H](C(=O)N[C@@H](CCC)C(=O)N[C@H](C(=O)N[C@@H](CCCN=C(N)N)C(=O)N1CCC[C@H]1C(=O)NCC)[C@@H](C)CC)[C@@H](C)O)[C@@H](C)CC. The third-order valence-electron chi connectivity index (χ3n) is 10.9. The molecule has 0 bridgehead atoms. The average molecular weight is 866 g/mol. The van der Waals surface area contributed by atoms with Gasteiger partial charge < -0.3 is 58.7 Å². The van der Waals surface area contributed by atoms with E-state index in [4.69, 9.17) is 11.5 Å². The summed E-state index contributed by atoms with van der Waals surface area (Å²) in [5, 5.41) is 29.5. The van der Waals surface area contributed by atoms with E-state index in [2.05, 4.69) is 42.2 Å². The Labute approximate surface area is 361 Å². The van der Waals surface area contributed by atoms with Gasteiger partial charge in [-0.1, -0.05) is 67.2 Å². The molecule has 0 radical (unpaired) electrons. The number of nitrogens with two attached hydrogens (primary N) is 2. The Hall–Kier alpha value is -5.01. The molecule has 0 spiro atoms. The molecule has 0 aromatic heterocycles. The zero-order valence-corrected chi connectivity index (χ0v) is 37.7. The fraction of sp³-hybridized carbons (Fsp3) is 0.780. The molecular weight excluding hydrogens is 791 g/mol. The third-order valence-corrected chi connectivity index (χ3v) is 10.9. The Kier molecular flexibility index (Phi) is 24.6. The summed E-state index contributed by atoms with van der Waals surface area (Å²) in [6, 6.07) is -7.68. The van der Waals surface area contributed by atoms with Gasteiger partial charge in [0.25, 0.3) is 0 Å². The van der Waals surface area contributed by atoms with E-state index in [0.717, 1.165) is 0 Å². The molecule has 10 atom stereocenters. The molecule has 61 heavy (non-hydrogen) atoms. The lowest BCUT2D eigenvalue weighted by molar-refractivity contribution is -0.142. The monoisotopic (exact) mass is 866 g/mol. The molecule has 1 rings (SSSR count). The minimum absolute atomic E-state index is 0.127. The molecule has 1 heterocycles. The van der Waals surface area contributed by atoms with Crippen molar-refractivity contribution in [3.63, 3.8) is 0 Å². The summed E-state index contributed by atoms with van der Waals surface area (Å²) in [5.41, 5.74) is 11.0. The highest BCUT2D eigenvalue weighted by Gasteiger charge is 2.40. The van der Waals surface area contributed by atoms with Crippen molar-refractivity contribution >= 4 is 53.2 Å². The first kappa shape index (κ1) is 54.0. The number of carbonyl (C=O) groups excluding carboxylic acids is 8. The highest BCUT2D eigenvalue weighted by molar-refractivity contribution is 5.98. The van der Waals surface area contributed by atoms with Crippen LogP contribution in [0.15, 0.2) is 4.99 Å². The number of guanidine groups is 1. The van der Waals surface area contributed by atoms with Crippen LogP contribution in [0.5, 0.6) is 0 Å². The van der Waals surface area contributed by atoms with E-state index in [1.54, 1.807) is 27.7 Å². The van der Waals surface area contributed by atoms with Gasteiger partial charge in [-0.15, -0.1) is 0 Å². The van der Waals surface area contributed by atoms with Crippen LogP contribution in [0.2, 0.25) is 0 Å². The van der Waals surface area contributed by atoms with Crippen molar-refractivity contribution in [2.24, 2.45) is 28.3 Å². The van der Waals surface area contributed by atoms with Crippen molar-refractivity contribution in [2.45, 2.75) is 175 Å². The number of aliphatic hydroxyl groups excluding tert-OH is 1. The maximum absolute atomic E-state index is 14.1. The molecule has 0 aliphatic carbocycles. The molecule has 0 saturated carbocycles. The minimum Gasteiger partial charge on any atom is -0.391 e. The number of carbonyl (C=O) groups is 8. The largest absolute Gasteiger partial charge is 0.391 e. The fourth-order valence-corrected chi connectivity index (χ4v) is 7.00. The number of likely N-dealkylation sites (N-methyl/N-ethyl adjacent to an activating group) is 1. The standard InChI is InChI=1S/C41H75N11O9/c1-10-17-27(46-26(9)54)34(55)50-32(24(7)13-4)38(59)51-33(25(8)53)39(60)47-28(18-11-2)35(56)49-31(23(6)12-3)37(58)48-29(19-15-21-45-41(42)43)40(61)52-22-16-20-30(52)36(57)44-14-5/h23-25,27-33,53H,10-22H2,1-9H3,(H,44,57)(H,46,54)(H,47,60)(H,48,58)(H,49,56)(H,50,55)(H,51,59)(H4,42,43,45)/t23-,24-,25+,27-,28-,29-,30-,31-,32+,33-/m0/s1. The number of nitrogens with zero attached hydrogens (tertiary/aromatic N) is 2. The van der Waals surface area contributed by atoms with Crippen molar-refractivity contribution in [2.75, 3.05) is 19.6 Å². The first-order chi connectivity index (χ1) is 28.8. The molecule has 0 unspecified atom stereocenters. The molecule has 1 saturated heterocycles. The van der Waals surface area contributed by atoms with Crippen LogP contribution in [-0.2, 0) is 38.4 Å². The number of aliphatic hydroxyl groups is 1. The molecule has 12 N–H and O–H groups in total. The highest BCUT2D eigenvalue weighted by atomic mass is 16.3. The third kappa shape index (κ3) is 17.9. The summed E-state index contributed by atoms with van der Waals surface area (Å²) >= 11 is 0. The first-order valence-electron chi connectivity index (χ1n) is 21.9. The smallest absolute Gasteiger partial charge is 0.245 e. The van der Waals surface area contributed by atoms with E-state index >= 15 is 0 Å². The average Bonchev–Trinajstić information content (AvgIpc) is 3.70. The van der Waals surface area contributed by atoms with Crippen molar-refractivity contribution in [1.82, 2.24) is 42.1 Å². The first-order valence-corrected chi connectivity index (χ1v) is 21.9.